The zero-order valence-corrected chi connectivity index (χ0v) is 18.9. The number of rotatable bonds is 5. The maximum atomic E-state index is 14.8. The van der Waals surface area contributed by atoms with E-state index in [-0.39, 0.29) is 22.9 Å². The minimum absolute atomic E-state index is 0.0104. The highest BCUT2D eigenvalue weighted by atomic mass is 19.2. The van der Waals surface area contributed by atoms with E-state index in [1.165, 1.54) is 23.8 Å². The molecular formula is C23H23F2N7O2. The summed E-state index contributed by atoms with van der Waals surface area (Å²) in [6, 6.07) is 3.92. The van der Waals surface area contributed by atoms with Gasteiger partial charge in [0.15, 0.2) is 17.3 Å². The molecule has 176 valence electrons. The number of imidazole rings is 1. The highest BCUT2D eigenvalue weighted by molar-refractivity contribution is 5.95. The van der Waals surface area contributed by atoms with Gasteiger partial charge in [0, 0.05) is 50.1 Å². The molecule has 0 bridgehead atoms. The molecule has 11 heteroatoms. The lowest BCUT2D eigenvalue weighted by Gasteiger charge is -2.16. The zero-order valence-electron chi connectivity index (χ0n) is 18.9. The van der Waals surface area contributed by atoms with Crippen LogP contribution >= 0.6 is 0 Å². The molecule has 1 saturated heterocycles. The fourth-order valence-corrected chi connectivity index (χ4v) is 4.14. The lowest BCUT2D eigenvalue weighted by molar-refractivity contribution is 0.0962. The van der Waals surface area contributed by atoms with E-state index in [1.54, 1.807) is 16.9 Å². The topological polar surface area (TPSA) is 89.6 Å². The van der Waals surface area contributed by atoms with E-state index in [9.17, 15) is 13.6 Å². The van der Waals surface area contributed by atoms with Gasteiger partial charge in [0.25, 0.3) is 5.91 Å². The first-order chi connectivity index (χ1) is 16.3. The smallest absolute Gasteiger partial charge is 0.251 e. The number of fused-ring (bicyclic) bond motifs is 1. The van der Waals surface area contributed by atoms with Crippen molar-refractivity contribution in [2.45, 2.75) is 12.5 Å². The summed E-state index contributed by atoms with van der Waals surface area (Å²) in [4.78, 5) is 18.6. The SMILES string of the molecule is CNC(=O)c1cc(F)c(F)c(-c2cnc3cc(-c4cnn(C)c4)c(O[C@H]4CCN(C)C4)nn23)c1. The van der Waals surface area contributed by atoms with Crippen LogP contribution in [0.4, 0.5) is 8.78 Å². The first-order valence-electron chi connectivity index (χ1n) is 10.8. The van der Waals surface area contributed by atoms with Gasteiger partial charge in [-0.25, -0.2) is 18.3 Å². The fraction of sp³-hybridized carbons (Fsp3) is 0.304. The Morgan fingerprint density at radius 3 is 2.68 bits per heavy atom. The molecule has 1 aliphatic rings. The highest BCUT2D eigenvalue weighted by Gasteiger charge is 2.25. The van der Waals surface area contributed by atoms with E-state index < -0.39 is 17.5 Å². The number of halogens is 2. The van der Waals surface area contributed by atoms with E-state index in [4.69, 9.17) is 4.74 Å². The van der Waals surface area contributed by atoms with Crippen molar-refractivity contribution in [1.29, 1.82) is 0 Å². The lowest BCUT2D eigenvalue weighted by Crippen LogP contribution is -2.22. The van der Waals surface area contributed by atoms with Gasteiger partial charge in [-0.3, -0.25) is 9.48 Å². The summed E-state index contributed by atoms with van der Waals surface area (Å²) in [5.41, 5.74) is 1.96. The van der Waals surface area contributed by atoms with Gasteiger partial charge in [0.1, 0.15) is 6.10 Å². The van der Waals surface area contributed by atoms with Crippen LogP contribution in [-0.4, -0.2) is 68.5 Å². The van der Waals surface area contributed by atoms with E-state index >= 15 is 0 Å². The van der Waals surface area contributed by atoms with Crippen LogP contribution in [0.2, 0.25) is 0 Å². The average molecular weight is 467 g/mol. The lowest BCUT2D eigenvalue weighted by atomic mass is 10.1. The van der Waals surface area contributed by atoms with Crippen LogP contribution in [0.3, 0.4) is 0 Å². The summed E-state index contributed by atoms with van der Waals surface area (Å²) in [5, 5.41) is 11.3. The quantitative estimate of drug-likeness (QED) is 0.485. The molecule has 3 aromatic heterocycles. The summed E-state index contributed by atoms with van der Waals surface area (Å²) >= 11 is 0. The van der Waals surface area contributed by atoms with Crippen LogP contribution in [0.1, 0.15) is 16.8 Å². The van der Waals surface area contributed by atoms with Gasteiger partial charge in [-0.05, 0) is 31.7 Å². The van der Waals surface area contributed by atoms with Crippen molar-refractivity contribution < 1.29 is 18.3 Å². The predicted molar refractivity (Wildman–Crippen MR) is 120 cm³/mol. The second-order valence-corrected chi connectivity index (χ2v) is 8.37. The van der Waals surface area contributed by atoms with Crippen molar-refractivity contribution >= 4 is 11.6 Å². The number of benzene rings is 1. The summed E-state index contributed by atoms with van der Waals surface area (Å²) in [6.45, 7) is 1.65. The van der Waals surface area contributed by atoms with Crippen molar-refractivity contribution in [1.82, 2.24) is 34.6 Å². The summed E-state index contributed by atoms with van der Waals surface area (Å²) < 4.78 is 38.5. The molecule has 9 nitrogen and oxygen atoms in total. The Morgan fingerprint density at radius 2 is 2.00 bits per heavy atom. The number of hydrogen-bond donors (Lipinski definition) is 1. The molecule has 4 aromatic rings. The number of carbonyl (C=O) groups excluding carboxylic acids is 1. The maximum absolute atomic E-state index is 14.8. The van der Waals surface area contributed by atoms with E-state index in [1.807, 2.05) is 20.3 Å². The molecule has 4 heterocycles. The van der Waals surface area contributed by atoms with E-state index in [0.29, 0.717) is 17.1 Å². The van der Waals surface area contributed by atoms with Crippen LogP contribution in [0, 0.1) is 11.6 Å². The monoisotopic (exact) mass is 467 g/mol. The van der Waals surface area contributed by atoms with Crippen LogP contribution in [0.25, 0.3) is 28.0 Å². The van der Waals surface area contributed by atoms with Crippen molar-refractivity contribution in [2.75, 3.05) is 27.2 Å². The zero-order chi connectivity index (χ0) is 24.0. The van der Waals surface area contributed by atoms with Crippen LogP contribution in [-0.2, 0) is 7.05 Å². The number of nitrogens with zero attached hydrogens (tertiary/aromatic N) is 6. The van der Waals surface area contributed by atoms with Crippen molar-refractivity contribution in [2.24, 2.45) is 7.05 Å². The number of amides is 1. The van der Waals surface area contributed by atoms with Crippen LogP contribution < -0.4 is 10.1 Å². The van der Waals surface area contributed by atoms with Gasteiger partial charge >= 0.3 is 0 Å². The Labute approximate surface area is 194 Å². The number of hydrogen-bond acceptors (Lipinski definition) is 6. The molecule has 0 saturated carbocycles. The molecular weight excluding hydrogens is 444 g/mol. The molecule has 1 amide bonds. The average Bonchev–Trinajstić information content (AvgIpc) is 3.54. The Hall–Kier alpha value is -3.86. The third-order valence-corrected chi connectivity index (χ3v) is 5.89. The number of likely N-dealkylation sites (N-methyl/N-ethyl adjacent to an activating group) is 1. The van der Waals surface area contributed by atoms with Crippen molar-refractivity contribution in [3.63, 3.8) is 0 Å². The number of aryl methyl sites for hydroxylation is 1. The number of likely N-dealkylation sites (tertiary alicyclic amines) is 1. The Bertz CT molecular complexity index is 1400. The van der Waals surface area contributed by atoms with Gasteiger partial charge in [-0.2, -0.15) is 5.10 Å². The van der Waals surface area contributed by atoms with Crippen molar-refractivity contribution in [3.05, 3.63) is 54.0 Å². The molecule has 0 unspecified atom stereocenters. The Morgan fingerprint density at radius 1 is 1.18 bits per heavy atom. The molecule has 0 spiro atoms. The summed E-state index contributed by atoms with van der Waals surface area (Å²) in [7, 11) is 5.25. The third-order valence-electron chi connectivity index (χ3n) is 5.89. The first kappa shape index (κ1) is 22.0. The number of ether oxygens (including phenoxy) is 1. The fourth-order valence-electron chi connectivity index (χ4n) is 4.14. The maximum Gasteiger partial charge on any atom is 0.251 e. The number of aromatic nitrogens is 5. The molecule has 1 fully saturated rings. The number of carbonyl (C=O) groups is 1. The first-order valence-corrected chi connectivity index (χ1v) is 10.8. The van der Waals surface area contributed by atoms with Crippen molar-refractivity contribution in [3.8, 4) is 28.3 Å². The minimum atomic E-state index is -1.14. The van der Waals surface area contributed by atoms with Gasteiger partial charge in [0.05, 0.1) is 23.7 Å². The van der Waals surface area contributed by atoms with Crippen LogP contribution in [0.15, 0.2) is 36.8 Å². The van der Waals surface area contributed by atoms with E-state index in [2.05, 4.69) is 25.4 Å². The van der Waals surface area contributed by atoms with Gasteiger partial charge in [-0.15, -0.1) is 5.10 Å². The molecule has 5 rings (SSSR count). The molecule has 1 aliphatic heterocycles. The molecule has 0 aliphatic carbocycles. The second kappa shape index (κ2) is 8.49. The largest absolute Gasteiger partial charge is 0.471 e. The van der Waals surface area contributed by atoms with E-state index in [0.717, 1.165) is 31.1 Å². The Kier molecular flexibility index (Phi) is 5.48. The third kappa shape index (κ3) is 3.87. The molecule has 1 aromatic carbocycles. The normalized spacial score (nSPS) is 16.3. The van der Waals surface area contributed by atoms with Gasteiger partial charge in [-0.1, -0.05) is 0 Å². The molecule has 1 N–H and O–H groups in total. The molecule has 1 atom stereocenters. The molecule has 34 heavy (non-hydrogen) atoms. The minimum Gasteiger partial charge on any atom is -0.471 e. The number of nitrogens with one attached hydrogen (secondary N) is 1. The van der Waals surface area contributed by atoms with Crippen LogP contribution in [0.5, 0.6) is 5.88 Å². The van der Waals surface area contributed by atoms with Gasteiger partial charge < -0.3 is 15.0 Å². The highest BCUT2D eigenvalue weighted by Crippen LogP contribution is 2.33. The van der Waals surface area contributed by atoms with Gasteiger partial charge in [0.2, 0.25) is 5.88 Å². The summed E-state index contributed by atoms with van der Waals surface area (Å²) in [6.07, 6.45) is 5.71. The molecule has 0 radical (unpaired) electrons. The Balaban J connectivity index is 1.67. The second-order valence-electron chi connectivity index (χ2n) is 8.37. The predicted octanol–water partition coefficient (Wildman–Crippen LogP) is 2.52. The standard InChI is InChI=1S/C23H23F2N7O2/c1-26-22(33)13-6-17(21(25)18(24)7-13)19-10-27-20-8-16(14-9-28-31(3)11-14)23(29-32(19)20)34-15-4-5-30(2)12-15/h6-11,15H,4-5,12H2,1-3H3,(H,26,33)/t15-/m0/s1. The summed E-state index contributed by atoms with van der Waals surface area (Å²) in [5.74, 6) is -2.42.